The predicted molar refractivity (Wildman–Crippen MR) is 78.9 cm³/mol. The van der Waals surface area contributed by atoms with Gasteiger partial charge in [0.05, 0.1) is 11.8 Å². The van der Waals surface area contributed by atoms with Crippen molar-refractivity contribution in [2.75, 3.05) is 0 Å². The van der Waals surface area contributed by atoms with E-state index >= 15 is 0 Å². The van der Waals surface area contributed by atoms with Crippen molar-refractivity contribution in [3.63, 3.8) is 0 Å². The molecule has 0 unspecified atom stereocenters. The lowest BCUT2D eigenvalue weighted by atomic mass is 10.0. The van der Waals surface area contributed by atoms with Gasteiger partial charge in [-0.15, -0.1) is 0 Å². The van der Waals surface area contributed by atoms with Crippen molar-refractivity contribution < 1.29 is 9.53 Å². The molecule has 20 heavy (non-hydrogen) atoms. The van der Waals surface area contributed by atoms with Gasteiger partial charge < -0.3 is 4.74 Å². The van der Waals surface area contributed by atoms with Crippen molar-refractivity contribution in [2.24, 2.45) is 0 Å². The van der Waals surface area contributed by atoms with E-state index in [2.05, 4.69) is 11.6 Å². The minimum Gasteiger partial charge on any atom is -0.487 e. The first-order valence-electron chi connectivity index (χ1n) is 6.41. The average molecular weight is 267 g/mol. The second-order valence-corrected chi connectivity index (χ2v) is 4.71. The smallest absolute Gasteiger partial charge is 0.192 e. The molecular weight excluding hydrogens is 250 g/mol. The fourth-order valence-corrected chi connectivity index (χ4v) is 1.89. The topological polar surface area (TPSA) is 39.2 Å². The summed E-state index contributed by atoms with van der Waals surface area (Å²) in [6, 6.07) is 9.81. The number of aromatic nitrogens is 1. The van der Waals surface area contributed by atoms with Crippen LogP contribution in [0.3, 0.4) is 0 Å². The molecule has 0 aliphatic rings. The van der Waals surface area contributed by atoms with Crippen LogP contribution in [-0.4, -0.2) is 10.8 Å². The van der Waals surface area contributed by atoms with Crippen LogP contribution in [0.5, 0.6) is 5.75 Å². The van der Waals surface area contributed by atoms with Crippen LogP contribution in [0.1, 0.15) is 28.4 Å². The van der Waals surface area contributed by atoms with Gasteiger partial charge in [0, 0.05) is 6.20 Å². The Balaban J connectivity index is 2.26. The largest absolute Gasteiger partial charge is 0.487 e. The van der Waals surface area contributed by atoms with E-state index < -0.39 is 0 Å². The Labute approximate surface area is 118 Å². The minimum absolute atomic E-state index is 0.104. The normalized spacial score (nSPS) is 10.1. The molecule has 2 rings (SSSR count). The first kappa shape index (κ1) is 14.0. The number of allylic oxidation sites excluding steroid dienone is 1. The van der Waals surface area contributed by atoms with Gasteiger partial charge in [-0.2, -0.15) is 0 Å². The summed E-state index contributed by atoms with van der Waals surface area (Å²) in [4.78, 5) is 16.3. The number of rotatable bonds is 5. The second kappa shape index (κ2) is 6.15. The summed E-state index contributed by atoms with van der Waals surface area (Å²) in [6.45, 7) is 7.66. The zero-order valence-electron chi connectivity index (χ0n) is 11.7. The molecule has 1 aromatic heterocycles. The molecule has 0 radical (unpaired) electrons. The Morgan fingerprint density at radius 3 is 2.60 bits per heavy atom. The lowest BCUT2D eigenvalue weighted by Crippen LogP contribution is -2.07. The molecular formula is C17H17NO2. The molecule has 0 aliphatic heterocycles. The average Bonchev–Trinajstić information content (AvgIpc) is 2.45. The SMILES string of the molecule is C=C(C)C(=O)c1c(C)cncc1OCc1ccccc1. The van der Waals surface area contributed by atoms with E-state index in [9.17, 15) is 4.79 Å². The molecule has 0 spiro atoms. The van der Waals surface area contributed by atoms with Crippen LogP contribution in [0.25, 0.3) is 0 Å². The van der Waals surface area contributed by atoms with E-state index in [1.54, 1.807) is 19.3 Å². The molecule has 3 heteroatoms. The highest BCUT2D eigenvalue weighted by atomic mass is 16.5. The van der Waals surface area contributed by atoms with Crippen molar-refractivity contribution in [3.8, 4) is 5.75 Å². The van der Waals surface area contributed by atoms with E-state index in [-0.39, 0.29) is 5.78 Å². The minimum atomic E-state index is -0.104. The molecule has 0 bridgehead atoms. The summed E-state index contributed by atoms with van der Waals surface area (Å²) in [5.41, 5.74) is 2.87. The molecule has 0 saturated heterocycles. The number of pyridine rings is 1. The molecule has 1 aromatic carbocycles. The highest BCUT2D eigenvalue weighted by Crippen LogP contribution is 2.24. The van der Waals surface area contributed by atoms with Crippen LogP contribution in [-0.2, 0) is 6.61 Å². The van der Waals surface area contributed by atoms with Gasteiger partial charge >= 0.3 is 0 Å². The van der Waals surface area contributed by atoms with E-state index in [0.717, 1.165) is 11.1 Å². The summed E-state index contributed by atoms with van der Waals surface area (Å²) in [7, 11) is 0. The molecule has 0 aliphatic carbocycles. The lowest BCUT2D eigenvalue weighted by Gasteiger charge is -2.12. The van der Waals surface area contributed by atoms with Crippen LogP contribution in [0, 0.1) is 6.92 Å². The molecule has 0 N–H and O–H groups in total. The van der Waals surface area contributed by atoms with Gasteiger partial charge in [0.2, 0.25) is 0 Å². The Hall–Kier alpha value is -2.42. The van der Waals surface area contributed by atoms with E-state index in [0.29, 0.717) is 23.5 Å². The number of ether oxygens (including phenoxy) is 1. The summed E-state index contributed by atoms with van der Waals surface area (Å²) in [5.74, 6) is 0.398. The quantitative estimate of drug-likeness (QED) is 0.612. The van der Waals surface area contributed by atoms with Crippen molar-refractivity contribution >= 4 is 5.78 Å². The number of hydrogen-bond donors (Lipinski definition) is 0. The monoisotopic (exact) mass is 267 g/mol. The molecule has 3 nitrogen and oxygen atoms in total. The summed E-state index contributed by atoms with van der Waals surface area (Å²) < 4.78 is 5.75. The van der Waals surface area contributed by atoms with Crippen molar-refractivity contribution in [3.05, 3.63) is 71.6 Å². The summed E-state index contributed by atoms with van der Waals surface area (Å²) in [5, 5.41) is 0. The van der Waals surface area contributed by atoms with E-state index in [1.165, 1.54) is 0 Å². The fourth-order valence-electron chi connectivity index (χ4n) is 1.89. The molecule has 0 saturated carbocycles. The highest BCUT2D eigenvalue weighted by Gasteiger charge is 2.16. The van der Waals surface area contributed by atoms with Gasteiger partial charge in [-0.3, -0.25) is 9.78 Å². The number of carbonyl (C=O) groups is 1. The number of nitrogens with zero attached hydrogens (tertiary/aromatic N) is 1. The second-order valence-electron chi connectivity index (χ2n) is 4.71. The standard InChI is InChI=1S/C17H17NO2/c1-12(2)17(19)16-13(3)9-18-10-15(16)20-11-14-7-5-4-6-8-14/h4-10H,1,11H2,2-3H3. The van der Waals surface area contributed by atoms with Gasteiger partial charge in [0.25, 0.3) is 0 Å². The van der Waals surface area contributed by atoms with Crippen LogP contribution >= 0.6 is 0 Å². The predicted octanol–water partition coefficient (Wildman–Crippen LogP) is 3.73. The van der Waals surface area contributed by atoms with Crippen LogP contribution < -0.4 is 4.74 Å². The molecule has 0 amide bonds. The zero-order chi connectivity index (χ0) is 14.5. The molecule has 0 fully saturated rings. The van der Waals surface area contributed by atoms with Crippen LogP contribution in [0.4, 0.5) is 0 Å². The van der Waals surface area contributed by atoms with Crippen LogP contribution in [0.2, 0.25) is 0 Å². The number of hydrogen-bond acceptors (Lipinski definition) is 3. The van der Waals surface area contributed by atoms with E-state index in [4.69, 9.17) is 4.74 Å². The van der Waals surface area contributed by atoms with Crippen molar-refractivity contribution in [1.82, 2.24) is 4.98 Å². The van der Waals surface area contributed by atoms with Crippen LogP contribution in [0.15, 0.2) is 54.9 Å². The third-order valence-electron chi connectivity index (χ3n) is 2.95. The number of ketones is 1. The molecule has 102 valence electrons. The molecule has 0 atom stereocenters. The van der Waals surface area contributed by atoms with Crippen molar-refractivity contribution in [2.45, 2.75) is 20.5 Å². The van der Waals surface area contributed by atoms with Gasteiger partial charge in [0.15, 0.2) is 5.78 Å². The Bertz CT molecular complexity index is 633. The molecule has 1 heterocycles. The Morgan fingerprint density at radius 1 is 1.25 bits per heavy atom. The van der Waals surface area contributed by atoms with Gasteiger partial charge in [-0.1, -0.05) is 36.9 Å². The lowest BCUT2D eigenvalue weighted by molar-refractivity contribution is 0.103. The maximum Gasteiger partial charge on any atom is 0.192 e. The maximum absolute atomic E-state index is 12.2. The third-order valence-corrected chi connectivity index (χ3v) is 2.95. The third kappa shape index (κ3) is 3.12. The highest BCUT2D eigenvalue weighted by molar-refractivity contribution is 6.10. The van der Waals surface area contributed by atoms with Crippen molar-refractivity contribution in [1.29, 1.82) is 0 Å². The number of Topliss-reactive ketones (excluding diaryl/α,β-unsaturated/α-hetero) is 1. The first-order valence-corrected chi connectivity index (χ1v) is 6.41. The number of aryl methyl sites for hydroxylation is 1. The first-order chi connectivity index (χ1) is 9.59. The maximum atomic E-state index is 12.2. The van der Waals surface area contributed by atoms with E-state index in [1.807, 2.05) is 37.3 Å². The summed E-state index contributed by atoms with van der Waals surface area (Å²) >= 11 is 0. The van der Waals surface area contributed by atoms with Gasteiger partial charge in [-0.05, 0) is 30.5 Å². The molecule has 2 aromatic rings. The Kier molecular flexibility index (Phi) is 4.31. The summed E-state index contributed by atoms with van der Waals surface area (Å²) in [6.07, 6.45) is 3.23. The number of benzene rings is 1. The number of carbonyl (C=O) groups excluding carboxylic acids is 1. The van der Waals surface area contributed by atoms with Gasteiger partial charge in [0.1, 0.15) is 12.4 Å². The van der Waals surface area contributed by atoms with Gasteiger partial charge in [-0.25, -0.2) is 0 Å². The zero-order valence-corrected chi connectivity index (χ0v) is 11.7. The Morgan fingerprint density at radius 2 is 1.95 bits per heavy atom. The fraction of sp³-hybridized carbons (Fsp3) is 0.176.